The van der Waals surface area contributed by atoms with Crippen LogP contribution in [0.5, 0.6) is 5.75 Å². The van der Waals surface area contributed by atoms with Crippen molar-refractivity contribution < 1.29 is 9.84 Å². The van der Waals surface area contributed by atoms with E-state index < -0.39 is 0 Å². The summed E-state index contributed by atoms with van der Waals surface area (Å²) in [5.74, 6) is 0.872. The SMILES string of the molecule is CCC1(C(O)Cc2cccc(OC)c2)CCCC1. The summed E-state index contributed by atoms with van der Waals surface area (Å²) in [5, 5.41) is 10.6. The molecule has 0 saturated heterocycles. The third-order valence-electron chi connectivity index (χ3n) is 4.57. The van der Waals surface area contributed by atoms with Gasteiger partial charge in [-0.05, 0) is 48.8 Å². The molecule has 100 valence electrons. The average Bonchev–Trinajstić information content (AvgIpc) is 2.89. The van der Waals surface area contributed by atoms with Gasteiger partial charge in [-0.1, -0.05) is 31.9 Å². The Morgan fingerprint density at radius 1 is 1.33 bits per heavy atom. The third kappa shape index (κ3) is 2.69. The molecule has 2 heteroatoms. The van der Waals surface area contributed by atoms with Gasteiger partial charge in [0.05, 0.1) is 13.2 Å². The van der Waals surface area contributed by atoms with Crippen molar-refractivity contribution in [1.82, 2.24) is 0 Å². The van der Waals surface area contributed by atoms with Gasteiger partial charge in [0.1, 0.15) is 5.75 Å². The minimum atomic E-state index is -0.225. The molecule has 0 heterocycles. The van der Waals surface area contributed by atoms with Crippen LogP contribution >= 0.6 is 0 Å². The van der Waals surface area contributed by atoms with Crippen molar-refractivity contribution in [3.63, 3.8) is 0 Å². The van der Waals surface area contributed by atoms with E-state index in [4.69, 9.17) is 4.74 Å². The smallest absolute Gasteiger partial charge is 0.119 e. The largest absolute Gasteiger partial charge is 0.497 e. The Balaban J connectivity index is 2.07. The lowest BCUT2D eigenvalue weighted by atomic mass is 9.76. The summed E-state index contributed by atoms with van der Waals surface area (Å²) < 4.78 is 5.23. The Morgan fingerprint density at radius 2 is 2.06 bits per heavy atom. The van der Waals surface area contributed by atoms with E-state index in [1.165, 1.54) is 31.2 Å². The maximum Gasteiger partial charge on any atom is 0.119 e. The number of rotatable bonds is 5. The predicted molar refractivity (Wildman–Crippen MR) is 73.9 cm³/mol. The molecule has 1 aromatic carbocycles. The molecule has 18 heavy (non-hydrogen) atoms. The second kappa shape index (κ2) is 5.75. The van der Waals surface area contributed by atoms with Crippen LogP contribution in [0.4, 0.5) is 0 Å². The van der Waals surface area contributed by atoms with E-state index in [1.807, 2.05) is 18.2 Å². The summed E-state index contributed by atoms with van der Waals surface area (Å²) in [5.41, 5.74) is 1.32. The van der Waals surface area contributed by atoms with E-state index >= 15 is 0 Å². The highest BCUT2D eigenvalue weighted by Gasteiger charge is 2.38. The van der Waals surface area contributed by atoms with E-state index in [2.05, 4.69) is 13.0 Å². The monoisotopic (exact) mass is 248 g/mol. The molecular weight excluding hydrogens is 224 g/mol. The second-order valence-electron chi connectivity index (χ2n) is 5.49. The summed E-state index contributed by atoms with van der Waals surface area (Å²) in [6.07, 6.45) is 6.48. The summed E-state index contributed by atoms with van der Waals surface area (Å²) in [6.45, 7) is 2.21. The molecule has 2 nitrogen and oxygen atoms in total. The minimum Gasteiger partial charge on any atom is -0.497 e. The van der Waals surface area contributed by atoms with Gasteiger partial charge in [-0.25, -0.2) is 0 Å². The number of aliphatic hydroxyl groups excluding tert-OH is 1. The molecule has 0 aliphatic heterocycles. The van der Waals surface area contributed by atoms with Crippen molar-refractivity contribution in [2.75, 3.05) is 7.11 Å². The standard InChI is InChI=1S/C16H24O2/c1-3-16(9-4-5-10-16)15(17)12-13-7-6-8-14(11-13)18-2/h6-8,11,15,17H,3-5,9-10,12H2,1-2H3. The van der Waals surface area contributed by atoms with Crippen LogP contribution in [0.25, 0.3) is 0 Å². The van der Waals surface area contributed by atoms with Gasteiger partial charge < -0.3 is 9.84 Å². The van der Waals surface area contributed by atoms with Gasteiger partial charge in [-0.3, -0.25) is 0 Å². The lowest BCUT2D eigenvalue weighted by Crippen LogP contribution is -2.33. The van der Waals surface area contributed by atoms with Gasteiger partial charge in [0.25, 0.3) is 0 Å². The number of ether oxygens (including phenoxy) is 1. The molecule has 0 aromatic heterocycles. The van der Waals surface area contributed by atoms with Crippen molar-refractivity contribution in [1.29, 1.82) is 0 Å². The van der Waals surface area contributed by atoms with E-state index in [-0.39, 0.29) is 11.5 Å². The van der Waals surface area contributed by atoms with Crippen molar-refractivity contribution in [3.05, 3.63) is 29.8 Å². The van der Waals surface area contributed by atoms with Gasteiger partial charge in [0.2, 0.25) is 0 Å². The molecule has 0 radical (unpaired) electrons. The fraction of sp³-hybridized carbons (Fsp3) is 0.625. The van der Waals surface area contributed by atoms with E-state index in [0.717, 1.165) is 18.6 Å². The van der Waals surface area contributed by atoms with Gasteiger partial charge in [-0.2, -0.15) is 0 Å². The molecule has 1 atom stereocenters. The van der Waals surface area contributed by atoms with E-state index in [9.17, 15) is 5.11 Å². The highest BCUT2D eigenvalue weighted by molar-refractivity contribution is 5.29. The molecule has 1 aliphatic rings. The Labute approximate surface area is 110 Å². The van der Waals surface area contributed by atoms with Crippen LogP contribution in [-0.4, -0.2) is 18.3 Å². The topological polar surface area (TPSA) is 29.5 Å². The van der Waals surface area contributed by atoms with Crippen LogP contribution in [0.15, 0.2) is 24.3 Å². The van der Waals surface area contributed by atoms with Gasteiger partial charge in [0.15, 0.2) is 0 Å². The van der Waals surface area contributed by atoms with Crippen LogP contribution in [0.2, 0.25) is 0 Å². The summed E-state index contributed by atoms with van der Waals surface area (Å²) in [4.78, 5) is 0. The highest BCUT2D eigenvalue weighted by atomic mass is 16.5. The number of hydrogen-bond donors (Lipinski definition) is 1. The maximum atomic E-state index is 10.6. The first-order valence-electron chi connectivity index (χ1n) is 7.01. The first-order valence-corrected chi connectivity index (χ1v) is 7.01. The Bertz CT molecular complexity index is 380. The first kappa shape index (κ1) is 13.4. The molecular formula is C16H24O2. The molecule has 0 bridgehead atoms. The fourth-order valence-corrected chi connectivity index (χ4v) is 3.24. The molecule has 0 amide bonds. The minimum absolute atomic E-state index is 0.156. The van der Waals surface area contributed by atoms with Gasteiger partial charge in [-0.15, -0.1) is 0 Å². The summed E-state index contributed by atoms with van der Waals surface area (Å²) in [6, 6.07) is 8.04. The zero-order valence-corrected chi connectivity index (χ0v) is 11.5. The zero-order valence-electron chi connectivity index (χ0n) is 11.5. The maximum absolute atomic E-state index is 10.6. The molecule has 1 aromatic rings. The fourth-order valence-electron chi connectivity index (χ4n) is 3.24. The van der Waals surface area contributed by atoms with Crippen molar-refractivity contribution in [3.8, 4) is 5.75 Å². The van der Waals surface area contributed by atoms with Crippen molar-refractivity contribution >= 4 is 0 Å². The van der Waals surface area contributed by atoms with Gasteiger partial charge >= 0.3 is 0 Å². The molecule has 0 spiro atoms. The second-order valence-corrected chi connectivity index (χ2v) is 5.49. The van der Waals surface area contributed by atoms with Crippen LogP contribution in [0.3, 0.4) is 0 Å². The lowest BCUT2D eigenvalue weighted by molar-refractivity contribution is 0.0257. The number of methoxy groups -OCH3 is 1. The third-order valence-corrected chi connectivity index (χ3v) is 4.57. The first-order chi connectivity index (χ1) is 8.70. The molecule has 1 fully saturated rings. The van der Waals surface area contributed by atoms with Crippen LogP contribution in [0, 0.1) is 5.41 Å². The Hall–Kier alpha value is -1.02. The van der Waals surface area contributed by atoms with Crippen molar-refractivity contribution in [2.45, 2.75) is 51.6 Å². The number of aliphatic hydroxyl groups is 1. The normalized spacial score (nSPS) is 19.7. The summed E-state index contributed by atoms with van der Waals surface area (Å²) >= 11 is 0. The molecule has 1 N–H and O–H groups in total. The van der Waals surface area contributed by atoms with Crippen LogP contribution < -0.4 is 4.74 Å². The molecule has 1 aliphatic carbocycles. The van der Waals surface area contributed by atoms with Crippen LogP contribution in [-0.2, 0) is 6.42 Å². The highest BCUT2D eigenvalue weighted by Crippen LogP contribution is 2.44. The van der Waals surface area contributed by atoms with E-state index in [1.54, 1.807) is 7.11 Å². The number of hydrogen-bond acceptors (Lipinski definition) is 2. The Kier molecular flexibility index (Phi) is 4.28. The Morgan fingerprint density at radius 3 is 2.67 bits per heavy atom. The summed E-state index contributed by atoms with van der Waals surface area (Å²) in [7, 11) is 1.68. The molecule has 1 saturated carbocycles. The lowest BCUT2D eigenvalue weighted by Gasteiger charge is -2.33. The van der Waals surface area contributed by atoms with Crippen LogP contribution in [0.1, 0.15) is 44.6 Å². The molecule has 2 rings (SSSR count). The predicted octanol–water partition coefficient (Wildman–Crippen LogP) is 3.57. The van der Waals surface area contributed by atoms with E-state index in [0.29, 0.717) is 0 Å². The zero-order chi connectivity index (χ0) is 13.0. The number of benzene rings is 1. The van der Waals surface area contributed by atoms with Gasteiger partial charge in [0, 0.05) is 0 Å². The molecule has 1 unspecified atom stereocenters. The van der Waals surface area contributed by atoms with Crippen molar-refractivity contribution in [2.24, 2.45) is 5.41 Å². The average molecular weight is 248 g/mol. The quantitative estimate of drug-likeness (QED) is 0.863.